The van der Waals surface area contributed by atoms with E-state index in [1.807, 2.05) is 0 Å². The van der Waals surface area contributed by atoms with Gasteiger partial charge in [-0.15, -0.1) is 0 Å². The highest BCUT2D eigenvalue weighted by atomic mass is 35.5. The fourth-order valence-corrected chi connectivity index (χ4v) is 1.56. The van der Waals surface area contributed by atoms with Gasteiger partial charge >= 0.3 is 0 Å². The number of nitrogens with one attached hydrogen (secondary N) is 1. The van der Waals surface area contributed by atoms with Gasteiger partial charge in [-0.25, -0.2) is 0 Å². The topological polar surface area (TPSA) is 101 Å². The van der Waals surface area contributed by atoms with Crippen LogP contribution in [-0.4, -0.2) is 32.7 Å². The van der Waals surface area contributed by atoms with Crippen molar-refractivity contribution in [2.24, 2.45) is 0 Å². The average molecular weight is 283 g/mol. The van der Waals surface area contributed by atoms with Gasteiger partial charge in [0.25, 0.3) is 11.8 Å². The molecular weight excluding hydrogens is 272 g/mol. The largest absolute Gasteiger partial charge is 0.387 e. The molecule has 2 aromatic rings. The molecule has 7 nitrogen and oxygen atoms in total. The molecule has 0 bridgehead atoms. The number of pyridine rings is 1. The lowest BCUT2D eigenvalue weighted by Gasteiger charge is -2.03. The molecule has 2 aromatic heterocycles. The molecule has 0 saturated carbocycles. The van der Waals surface area contributed by atoms with Crippen molar-refractivity contribution in [3.8, 4) is 0 Å². The van der Waals surface area contributed by atoms with Crippen LogP contribution < -0.4 is 5.32 Å². The fourth-order valence-electron chi connectivity index (χ4n) is 1.38. The van der Waals surface area contributed by atoms with Crippen molar-refractivity contribution >= 4 is 17.5 Å². The number of nitrogens with zero attached hydrogens (tertiary/aromatic N) is 3. The van der Waals surface area contributed by atoms with Gasteiger partial charge in [0.2, 0.25) is 0 Å². The highest BCUT2D eigenvalue weighted by Gasteiger charge is 2.08. The molecule has 1 amide bonds. The van der Waals surface area contributed by atoms with E-state index in [0.29, 0.717) is 29.4 Å². The molecular formula is C11H11ClN4O3. The minimum absolute atomic E-state index is 0.153. The van der Waals surface area contributed by atoms with E-state index < -0.39 is 0 Å². The zero-order chi connectivity index (χ0) is 13.7. The van der Waals surface area contributed by atoms with Crippen molar-refractivity contribution in [1.29, 1.82) is 0 Å². The molecule has 0 fully saturated rings. The minimum Gasteiger partial charge on any atom is -0.387 e. The Morgan fingerprint density at radius 2 is 2.32 bits per heavy atom. The SMILES string of the molecule is O=C(NCCc1noc(CO)n1)c1cncc(Cl)c1. The molecule has 8 heteroatoms. The summed E-state index contributed by atoms with van der Waals surface area (Å²) in [5, 5.41) is 15.5. The summed E-state index contributed by atoms with van der Waals surface area (Å²) in [5.74, 6) is 0.301. The zero-order valence-corrected chi connectivity index (χ0v) is 10.6. The van der Waals surface area contributed by atoms with E-state index in [-0.39, 0.29) is 18.4 Å². The van der Waals surface area contributed by atoms with E-state index >= 15 is 0 Å². The van der Waals surface area contributed by atoms with Gasteiger partial charge in [0, 0.05) is 25.4 Å². The molecule has 0 saturated heterocycles. The molecule has 2 heterocycles. The number of rotatable bonds is 5. The first kappa shape index (κ1) is 13.4. The Hall–Kier alpha value is -1.99. The van der Waals surface area contributed by atoms with Crippen LogP contribution in [0.15, 0.2) is 23.0 Å². The van der Waals surface area contributed by atoms with Gasteiger partial charge in [0.05, 0.1) is 10.6 Å². The summed E-state index contributed by atoms with van der Waals surface area (Å²) in [6, 6.07) is 1.53. The normalized spacial score (nSPS) is 10.4. The second-order valence-electron chi connectivity index (χ2n) is 3.66. The van der Waals surface area contributed by atoms with Crippen molar-refractivity contribution in [2.75, 3.05) is 6.54 Å². The summed E-state index contributed by atoms with van der Waals surface area (Å²) in [7, 11) is 0. The standard InChI is InChI=1S/C11H11ClN4O3/c12-8-3-7(4-13-5-8)11(18)14-2-1-9-15-10(6-17)19-16-9/h3-5,17H,1-2,6H2,(H,14,18). The summed E-state index contributed by atoms with van der Waals surface area (Å²) < 4.78 is 4.72. The lowest BCUT2D eigenvalue weighted by molar-refractivity contribution is 0.0953. The molecule has 0 atom stereocenters. The zero-order valence-electron chi connectivity index (χ0n) is 9.84. The molecule has 0 aliphatic rings. The Balaban J connectivity index is 1.84. The monoisotopic (exact) mass is 282 g/mol. The Kier molecular flexibility index (Phi) is 4.43. The summed E-state index contributed by atoms with van der Waals surface area (Å²) in [4.78, 5) is 19.5. The minimum atomic E-state index is -0.298. The lowest BCUT2D eigenvalue weighted by atomic mass is 10.2. The molecule has 100 valence electrons. The van der Waals surface area contributed by atoms with Gasteiger partial charge in [0.15, 0.2) is 5.82 Å². The van der Waals surface area contributed by atoms with Crippen molar-refractivity contribution in [2.45, 2.75) is 13.0 Å². The first-order chi connectivity index (χ1) is 9.19. The average Bonchev–Trinajstić information content (AvgIpc) is 2.86. The number of carbonyl (C=O) groups excluding carboxylic acids is 1. The predicted octanol–water partition coefficient (Wildman–Crippen LogP) is 0.583. The van der Waals surface area contributed by atoms with Gasteiger partial charge in [-0.05, 0) is 6.07 Å². The smallest absolute Gasteiger partial charge is 0.252 e. The van der Waals surface area contributed by atoms with Gasteiger partial charge in [-0.3, -0.25) is 9.78 Å². The highest BCUT2D eigenvalue weighted by Crippen LogP contribution is 2.08. The van der Waals surface area contributed by atoms with Crippen molar-refractivity contribution in [3.63, 3.8) is 0 Å². The number of aliphatic hydroxyl groups excluding tert-OH is 1. The first-order valence-corrected chi connectivity index (χ1v) is 5.88. The van der Waals surface area contributed by atoms with Crippen LogP contribution >= 0.6 is 11.6 Å². The van der Waals surface area contributed by atoms with Crippen LogP contribution in [0.25, 0.3) is 0 Å². The number of aliphatic hydroxyl groups is 1. The number of hydrogen-bond donors (Lipinski definition) is 2. The number of hydrogen-bond acceptors (Lipinski definition) is 6. The first-order valence-electron chi connectivity index (χ1n) is 5.50. The van der Waals surface area contributed by atoms with Crippen LogP contribution in [0.1, 0.15) is 22.1 Å². The van der Waals surface area contributed by atoms with E-state index in [2.05, 4.69) is 20.4 Å². The molecule has 2 N–H and O–H groups in total. The summed E-state index contributed by atoms with van der Waals surface area (Å²) >= 11 is 5.74. The number of halogens is 1. The maximum atomic E-state index is 11.7. The van der Waals surface area contributed by atoms with Crippen LogP contribution in [0.4, 0.5) is 0 Å². The Morgan fingerprint density at radius 3 is 3.00 bits per heavy atom. The molecule has 2 rings (SSSR count). The molecule has 19 heavy (non-hydrogen) atoms. The molecule has 0 radical (unpaired) electrons. The third kappa shape index (κ3) is 3.73. The van der Waals surface area contributed by atoms with Crippen LogP contribution in [-0.2, 0) is 13.0 Å². The van der Waals surface area contributed by atoms with Crippen LogP contribution in [0, 0.1) is 0 Å². The third-order valence-corrected chi connectivity index (χ3v) is 2.45. The lowest BCUT2D eigenvalue weighted by Crippen LogP contribution is -2.26. The number of aromatic nitrogens is 3. The predicted molar refractivity (Wildman–Crippen MR) is 65.5 cm³/mol. The summed E-state index contributed by atoms with van der Waals surface area (Å²) in [5.41, 5.74) is 0.386. The second-order valence-corrected chi connectivity index (χ2v) is 4.10. The second kappa shape index (κ2) is 6.26. The van der Waals surface area contributed by atoms with E-state index in [1.165, 1.54) is 18.5 Å². The van der Waals surface area contributed by atoms with E-state index in [4.69, 9.17) is 21.2 Å². The number of carbonyl (C=O) groups is 1. The maximum absolute atomic E-state index is 11.7. The highest BCUT2D eigenvalue weighted by molar-refractivity contribution is 6.30. The maximum Gasteiger partial charge on any atom is 0.252 e. The van der Waals surface area contributed by atoms with Gasteiger partial charge in [-0.1, -0.05) is 16.8 Å². The van der Waals surface area contributed by atoms with Gasteiger partial charge in [0.1, 0.15) is 6.61 Å². The molecule has 0 spiro atoms. The molecule has 0 aromatic carbocycles. The molecule has 0 aliphatic carbocycles. The third-order valence-electron chi connectivity index (χ3n) is 2.25. The van der Waals surface area contributed by atoms with Crippen molar-refractivity contribution in [3.05, 3.63) is 40.8 Å². The fraction of sp³-hybridized carbons (Fsp3) is 0.273. The Labute approximate surface area is 113 Å². The van der Waals surface area contributed by atoms with Crippen LogP contribution in [0.3, 0.4) is 0 Å². The quantitative estimate of drug-likeness (QED) is 0.832. The van der Waals surface area contributed by atoms with Crippen molar-refractivity contribution < 1.29 is 14.4 Å². The summed E-state index contributed by atoms with van der Waals surface area (Å²) in [6.45, 7) is 0.0449. The molecule has 0 unspecified atom stereocenters. The van der Waals surface area contributed by atoms with Crippen LogP contribution in [0.2, 0.25) is 5.02 Å². The molecule has 0 aliphatic heterocycles. The van der Waals surface area contributed by atoms with E-state index in [9.17, 15) is 4.79 Å². The number of amides is 1. The van der Waals surface area contributed by atoms with Gasteiger partial charge < -0.3 is 14.9 Å². The van der Waals surface area contributed by atoms with Gasteiger partial charge in [-0.2, -0.15) is 4.98 Å². The van der Waals surface area contributed by atoms with E-state index in [0.717, 1.165) is 0 Å². The Morgan fingerprint density at radius 1 is 1.47 bits per heavy atom. The van der Waals surface area contributed by atoms with Crippen molar-refractivity contribution in [1.82, 2.24) is 20.4 Å². The van der Waals surface area contributed by atoms with Crippen LogP contribution in [0.5, 0.6) is 0 Å². The van der Waals surface area contributed by atoms with E-state index in [1.54, 1.807) is 0 Å². The summed E-state index contributed by atoms with van der Waals surface area (Å²) in [6.07, 6.45) is 3.29. The Bertz CT molecular complexity index is 573.